The monoisotopic (exact) mass is 457 g/mol. The van der Waals surface area contributed by atoms with Gasteiger partial charge in [0.25, 0.3) is 0 Å². The van der Waals surface area contributed by atoms with E-state index in [-0.39, 0.29) is 10.8 Å². The van der Waals surface area contributed by atoms with Crippen molar-refractivity contribution in [1.29, 1.82) is 0 Å². The minimum absolute atomic E-state index is 0.0681. The lowest BCUT2D eigenvalue weighted by molar-refractivity contribution is 0.421. The second-order valence-corrected chi connectivity index (χ2v) is 12.5. The normalized spacial score (nSPS) is 13.5. The van der Waals surface area contributed by atoms with Crippen LogP contribution in [-0.2, 0) is 10.8 Å². The Morgan fingerprint density at radius 2 is 1.03 bits per heavy atom. The van der Waals surface area contributed by atoms with E-state index in [1.54, 1.807) is 0 Å². The van der Waals surface area contributed by atoms with Crippen LogP contribution in [0.3, 0.4) is 0 Å². The molecule has 1 heteroatoms. The van der Waals surface area contributed by atoms with E-state index in [1.165, 1.54) is 95.5 Å². The van der Waals surface area contributed by atoms with Crippen LogP contribution in [-0.4, -0.2) is 5.11 Å². The van der Waals surface area contributed by atoms with Gasteiger partial charge in [0.15, 0.2) is 0 Å². The standard InChI is InChI=1S/C32H57O/c1-9-11-12-13-14-15-16-17-18-19-20-21-22-23-26(10-2)27-24-28(31(3,4)5)30(33)29(25-27)32(6,7)8/h24-26,33H,2,9-23H2,1,3-8H3. The minimum Gasteiger partial charge on any atom is -0.507 e. The molecule has 1 rings (SSSR count). The first-order chi connectivity index (χ1) is 15.5. The van der Waals surface area contributed by atoms with Crippen molar-refractivity contribution in [3.63, 3.8) is 0 Å². The van der Waals surface area contributed by atoms with E-state index < -0.39 is 0 Å². The second kappa shape index (κ2) is 15.1. The smallest absolute Gasteiger partial charge is 0.123 e. The molecule has 1 aromatic rings. The Morgan fingerprint density at radius 3 is 1.36 bits per heavy atom. The van der Waals surface area contributed by atoms with Crippen molar-refractivity contribution in [2.75, 3.05) is 0 Å². The lowest BCUT2D eigenvalue weighted by Crippen LogP contribution is -2.18. The molecule has 1 radical (unpaired) electrons. The van der Waals surface area contributed by atoms with Gasteiger partial charge in [0, 0.05) is 0 Å². The van der Waals surface area contributed by atoms with Crippen molar-refractivity contribution in [2.24, 2.45) is 0 Å². The van der Waals surface area contributed by atoms with E-state index >= 15 is 0 Å². The molecule has 0 bridgehead atoms. The highest BCUT2D eigenvalue weighted by molar-refractivity contribution is 5.50. The number of benzene rings is 1. The van der Waals surface area contributed by atoms with Gasteiger partial charge < -0.3 is 5.11 Å². The maximum Gasteiger partial charge on any atom is 0.123 e. The van der Waals surface area contributed by atoms with Gasteiger partial charge in [-0.3, -0.25) is 0 Å². The predicted octanol–water partition coefficient (Wildman–Crippen LogP) is 10.8. The highest BCUT2D eigenvalue weighted by Crippen LogP contribution is 2.42. The van der Waals surface area contributed by atoms with Crippen LogP contribution in [0.1, 0.15) is 167 Å². The van der Waals surface area contributed by atoms with Crippen LogP contribution in [0.15, 0.2) is 12.1 Å². The molecule has 0 spiro atoms. The van der Waals surface area contributed by atoms with Gasteiger partial charge in [0.2, 0.25) is 0 Å². The third kappa shape index (κ3) is 11.3. The van der Waals surface area contributed by atoms with E-state index in [2.05, 4.69) is 67.5 Å². The minimum atomic E-state index is -0.0681. The van der Waals surface area contributed by atoms with Crippen LogP contribution in [0.5, 0.6) is 5.75 Å². The molecule has 1 N–H and O–H groups in total. The highest BCUT2D eigenvalue weighted by Gasteiger charge is 2.27. The Balaban J connectivity index is 2.47. The lowest BCUT2D eigenvalue weighted by Gasteiger charge is -2.30. The predicted molar refractivity (Wildman–Crippen MR) is 149 cm³/mol. The molecule has 1 atom stereocenters. The van der Waals surface area contributed by atoms with Crippen molar-refractivity contribution < 1.29 is 5.11 Å². The van der Waals surface area contributed by atoms with Gasteiger partial charge in [-0.15, -0.1) is 0 Å². The summed E-state index contributed by atoms with van der Waals surface area (Å²) in [5, 5.41) is 11.0. The molecule has 0 fully saturated rings. The summed E-state index contributed by atoms with van der Waals surface area (Å²) < 4.78 is 0. The van der Waals surface area contributed by atoms with E-state index in [0.29, 0.717) is 11.7 Å². The van der Waals surface area contributed by atoms with Crippen LogP contribution in [0.2, 0.25) is 0 Å². The molecule has 0 aliphatic heterocycles. The van der Waals surface area contributed by atoms with Gasteiger partial charge in [-0.2, -0.15) is 0 Å². The number of rotatable bonds is 16. The van der Waals surface area contributed by atoms with Crippen LogP contribution in [0, 0.1) is 6.92 Å². The maximum atomic E-state index is 11.0. The fourth-order valence-corrected chi connectivity index (χ4v) is 4.92. The van der Waals surface area contributed by atoms with E-state index in [1.807, 2.05) is 0 Å². The SMILES string of the molecule is [CH2]CC(CCCCCCCCCCCCCCC)c1cc(C(C)(C)C)c(O)c(C(C)(C)C)c1. The van der Waals surface area contributed by atoms with Crippen LogP contribution in [0.4, 0.5) is 0 Å². The fourth-order valence-electron chi connectivity index (χ4n) is 4.92. The number of phenolic OH excluding ortho intramolecular Hbond substituents is 1. The number of hydrogen-bond acceptors (Lipinski definition) is 1. The molecule has 0 saturated carbocycles. The van der Waals surface area contributed by atoms with Crippen molar-refractivity contribution in [3.05, 3.63) is 35.7 Å². The molecule has 191 valence electrons. The molecule has 1 unspecified atom stereocenters. The summed E-state index contributed by atoms with van der Waals surface area (Å²) in [4.78, 5) is 0. The first-order valence-electron chi connectivity index (χ1n) is 14.2. The summed E-state index contributed by atoms with van der Waals surface area (Å²) in [5.74, 6) is 0.975. The van der Waals surface area contributed by atoms with Gasteiger partial charge in [0.1, 0.15) is 5.75 Å². The summed E-state index contributed by atoms with van der Waals surface area (Å²) in [5.41, 5.74) is 3.39. The largest absolute Gasteiger partial charge is 0.507 e. The molecule has 0 heterocycles. The van der Waals surface area contributed by atoms with Gasteiger partial charge in [-0.05, 0) is 46.3 Å². The maximum absolute atomic E-state index is 11.0. The molecule has 0 aromatic heterocycles. The zero-order valence-electron chi connectivity index (χ0n) is 23.5. The fraction of sp³-hybridized carbons (Fsp3) is 0.781. The Labute approximate surface area is 208 Å². The van der Waals surface area contributed by atoms with E-state index in [9.17, 15) is 5.11 Å². The molecular formula is C32H57O. The Bertz CT molecular complexity index is 608. The third-order valence-electron chi connectivity index (χ3n) is 7.22. The molecule has 1 aromatic carbocycles. The van der Waals surface area contributed by atoms with Gasteiger partial charge >= 0.3 is 0 Å². The molecule has 1 nitrogen and oxygen atoms in total. The Kier molecular flexibility index (Phi) is 13.8. The van der Waals surface area contributed by atoms with Gasteiger partial charge in [-0.25, -0.2) is 0 Å². The van der Waals surface area contributed by atoms with Crippen molar-refractivity contribution >= 4 is 0 Å². The summed E-state index contributed by atoms with van der Waals surface area (Å²) in [7, 11) is 0. The molecule has 0 aliphatic carbocycles. The number of phenols is 1. The Hall–Kier alpha value is -0.980. The summed E-state index contributed by atoms with van der Waals surface area (Å²) in [6.45, 7) is 19.8. The average Bonchev–Trinajstić information content (AvgIpc) is 2.73. The Morgan fingerprint density at radius 1 is 0.667 bits per heavy atom. The molecule has 0 saturated heterocycles. The average molecular weight is 458 g/mol. The molecule has 33 heavy (non-hydrogen) atoms. The lowest BCUT2D eigenvalue weighted by atomic mass is 9.76. The second-order valence-electron chi connectivity index (χ2n) is 12.5. The number of aromatic hydroxyl groups is 1. The third-order valence-corrected chi connectivity index (χ3v) is 7.22. The van der Waals surface area contributed by atoms with Crippen LogP contribution < -0.4 is 0 Å². The molecular weight excluding hydrogens is 400 g/mol. The topological polar surface area (TPSA) is 20.2 Å². The van der Waals surface area contributed by atoms with Crippen molar-refractivity contribution in [3.8, 4) is 5.75 Å². The number of unbranched alkanes of at least 4 members (excludes halogenated alkanes) is 12. The van der Waals surface area contributed by atoms with Crippen molar-refractivity contribution in [2.45, 2.75) is 162 Å². The summed E-state index contributed by atoms with van der Waals surface area (Å²) in [6.07, 6.45) is 20.3. The zero-order chi connectivity index (χ0) is 24.9. The number of hydrogen-bond donors (Lipinski definition) is 1. The van der Waals surface area contributed by atoms with E-state index in [4.69, 9.17) is 0 Å². The first-order valence-corrected chi connectivity index (χ1v) is 14.2. The van der Waals surface area contributed by atoms with E-state index in [0.717, 1.165) is 17.5 Å². The molecule has 0 aliphatic rings. The zero-order valence-corrected chi connectivity index (χ0v) is 23.5. The van der Waals surface area contributed by atoms with Gasteiger partial charge in [0.05, 0.1) is 0 Å². The summed E-state index contributed by atoms with van der Waals surface area (Å²) in [6, 6.07) is 4.53. The molecule has 0 amide bonds. The quantitative estimate of drug-likeness (QED) is 0.245. The highest BCUT2D eigenvalue weighted by atomic mass is 16.3. The van der Waals surface area contributed by atoms with Crippen LogP contribution >= 0.6 is 0 Å². The van der Waals surface area contributed by atoms with Crippen molar-refractivity contribution in [1.82, 2.24) is 0 Å². The van der Waals surface area contributed by atoms with Crippen LogP contribution in [0.25, 0.3) is 0 Å². The van der Waals surface area contributed by atoms with Gasteiger partial charge in [-0.1, -0.05) is 151 Å². The summed E-state index contributed by atoms with van der Waals surface area (Å²) >= 11 is 0. The first kappa shape index (κ1) is 30.1.